The average Bonchev–Trinajstić information content (AvgIpc) is 2.69. The van der Waals surface area contributed by atoms with Crippen molar-refractivity contribution in [1.82, 2.24) is 4.90 Å². The van der Waals surface area contributed by atoms with Crippen molar-refractivity contribution in [2.24, 2.45) is 0 Å². The van der Waals surface area contributed by atoms with Gasteiger partial charge in [-0.1, -0.05) is 12.1 Å². The zero-order valence-corrected chi connectivity index (χ0v) is 20.8. The molecule has 2 aromatic carbocycles. The Hall–Kier alpha value is -1.67. The summed E-state index contributed by atoms with van der Waals surface area (Å²) in [5, 5.41) is 11.1. The molecule has 0 aliphatic carbocycles. The first-order chi connectivity index (χ1) is 14.5. The quantitative estimate of drug-likeness (QED) is 0.512. The number of anilines is 1. The van der Waals surface area contributed by atoms with Gasteiger partial charge in [0.15, 0.2) is 0 Å². The summed E-state index contributed by atoms with van der Waals surface area (Å²) >= 11 is 0. The number of nitrogens with zero attached hydrogens (tertiary/aromatic N) is 2. The molecular weight excluding hydrogens is 476 g/mol. The number of likely N-dealkylation sites (N-methyl/N-ethyl adjacent to an activating group) is 1. The highest BCUT2D eigenvalue weighted by molar-refractivity contribution is 5.85. The van der Waals surface area contributed by atoms with Crippen LogP contribution in [-0.4, -0.2) is 48.4 Å². The standard InChI is InChI=1S/C24H31F3N2O2.2ClH/c1-18(2)31-22-10-8-21(9-11-22)28(3)17-23(30)12-14-29(15-13-23)16-19-4-6-20(7-5-19)24(25,26)27;;/h4-11,18,30H,12-17H2,1-3H3;2*1H. The van der Waals surface area contributed by atoms with Gasteiger partial charge in [0.2, 0.25) is 0 Å². The van der Waals surface area contributed by atoms with Crippen LogP contribution in [0.3, 0.4) is 0 Å². The number of hydrogen-bond donors (Lipinski definition) is 1. The van der Waals surface area contributed by atoms with Crippen molar-refractivity contribution in [2.45, 2.75) is 51.1 Å². The van der Waals surface area contributed by atoms with Gasteiger partial charge in [-0.15, -0.1) is 24.8 Å². The van der Waals surface area contributed by atoms with Crippen molar-refractivity contribution >= 4 is 30.5 Å². The van der Waals surface area contributed by atoms with Crippen LogP contribution in [0.25, 0.3) is 0 Å². The highest BCUT2D eigenvalue weighted by atomic mass is 35.5. The third-order valence-corrected chi connectivity index (χ3v) is 5.65. The molecule has 0 bridgehead atoms. The van der Waals surface area contributed by atoms with Crippen LogP contribution in [0.5, 0.6) is 5.75 Å². The van der Waals surface area contributed by atoms with E-state index >= 15 is 0 Å². The molecule has 0 unspecified atom stereocenters. The average molecular weight is 509 g/mol. The molecule has 0 saturated carbocycles. The lowest BCUT2D eigenvalue weighted by molar-refractivity contribution is -0.137. The molecule has 0 atom stereocenters. The summed E-state index contributed by atoms with van der Waals surface area (Å²) in [6.07, 6.45) is -2.95. The first kappa shape index (κ1) is 29.4. The molecule has 1 heterocycles. The van der Waals surface area contributed by atoms with Gasteiger partial charge in [0.25, 0.3) is 0 Å². The van der Waals surface area contributed by atoms with Gasteiger partial charge >= 0.3 is 6.18 Å². The van der Waals surface area contributed by atoms with E-state index in [0.29, 0.717) is 39.0 Å². The third kappa shape index (κ3) is 8.56. The second kappa shape index (κ2) is 12.2. The minimum absolute atomic E-state index is 0. The van der Waals surface area contributed by atoms with Gasteiger partial charge in [-0.3, -0.25) is 4.90 Å². The van der Waals surface area contributed by atoms with E-state index in [4.69, 9.17) is 4.74 Å². The van der Waals surface area contributed by atoms with Crippen LogP contribution in [-0.2, 0) is 12.7 Å². The predicted molar refractivity (Wildman–Crippen MR) is 131 cm³/mol. The van der Waals surface area contributed by atoms with E-state index in [1.54, 1.807) is 0 Å². The van der Waals surface area contributed by atoms with Crippen LogP contribution >= 0.6 is 24.8 Å². The molecule has 9 heteroatoms. The molecule has 33 heavy (non-hydrogen) atoms. The maximum absolute atomic E-state index is 12.7. The van der Waals surface area contributed by atoms with E-state index in [1.807, 2.05) is 50.1 Å². The van der Waals surface area contributed by atoms with Crippen molar-refractivity contribution in [1.29, 1.82) is 0 Å². The van der Waals surface area contributed by atoms with Crippen LogP contribution in [0.4, 0.5) is 18.9 Å². The Morgan fingerprint density at radius 3 is 2.03 bits per heavy atom. The number of rotatable bonds is 7. The lowest BCUT2D eigenvalue weighted by atomic mass is 9.90. The zero-order valence-electron chi connectivity index (χ0n) is 19.1. The molecule has 1 fully saturated rings. The van der Waals surface area contributed by atoms with E-state index < -0.39 is 17.3 Å². The maximum atomic E-state index is 12.7. The highest BCUT2D eigenvalue weighted by Gasteiger charge is 2.34. The third-order valence-electron chi connectivity index (χ3n) is 5.65. The number of hydrogen-bond acceptors (Lipinski definition) is 4. The van der Waals surface area contributed by atoms with Crippen molar-refractivity contribution < 1.29 is 23.0 Å². The summed E-state index contributed by atoms with van der Waals surface area (Å²) in [5.41, 5.74) is 0.436. The van der Waals surface area contributed by atoms with Crippen LogP contribution in [0.1, 0.15) is 37.8 Å². The molecule has 2 aromatic rings. The molecule has 1 saturated heterocycles. The SMILES string of the molecule is CC(C)Oc1ccc(N(C)CC2(O)CCN(Cc3ccc(C(F)(F)F)cc3)CC2)cc1.Cl.Cl. The zero-order chi connectivity index (χ0) is 22.6. The number of alkyl halides is 3. The minimum Gasteiger partial charge on any atom is -0.491 e. The fourth-order valence-electron chi connectivity index (χ4n) is 3.93. The molecule has 1 aliphatic rings. The van der Waals surface area contributed by atoms with Crippen molar-refractivity contribution in [3.63, 3.8) is 0 Å². The first-order valence-corrected chi connectivity index (χ1v) is 10.6. The Labute approximate surface area is 206 Å². The summed E-state index contributed by atoms with van der Waals surface area (Å²) in [6.45, 7) is 6.48. The fraction of sp³-hybridized carbons (Fsp3) is 0.500. The Bertz CT molecular complexity index is 838. The van der Waals surface area contributed by atoms with Crippen molar-refractivity contribution in [3.05, 3.63) is 59.7 Å². The molecule has 0 radical (unpaired) electrons. The van der Waals surface area contributed by atoms with Gasteiger partial charge in [-0.25, -0.2) is 0 Å². The second-order valence-corrected chi connectivity index (χ2v) is 8.71. The smallest absolute Gasteiger partial charge is 0.416 e. The largest absolute Gasteiger partial charge is 0.491 e. The molecular formula is C24H33Cl2F3N2O2. The second-order valence-electron chi connectivity index (χ2n) is 8.71. The molecule has 0 aromatic heterocycles. The van der Waals surface area contributed by atoms with Gasteiger partial charge in [0.05, 0.1) is 17.3 Å². The minimum atomic E-state index is -4.31. The summed E-state index contributed by atoms with van der Waals surface area (Å²) in [6, 6.07) is 13.2. The number of halogens is 5. The molecule has 1 N–H and O–H groups in total. The number of piperidine rings is 1. The Morgan fingerprint density at radius 1 is 1.00 bits per heavy atom. The fourth-order valence-corrected chi connectivity index (χ4v) is 3.93. The van der Waals surface area contributed by atoms with Gasteiger partial charge in [0, 0.05) is 38.9 Å². The van der Waals surface area contributed by atoms with Gasteiger partial charge in [0.1, 0.15) is 5.75 Å². The number of benzene rings is 2. The number of ether oxygens (including phenoxy) is 1. The number of aliphatic hydroxyl groups is 1. The van der Waals surface area contributed by atoms with Crippen molar-refractivity contribution in [3.8, 4) is 5.75 Å². The molecule has 3 rings (SSSR count). The lowest BCUT2D eigenvalue weighted by Crippen LogP contribution is -2.50. The van der Waals surface area contributed by atoms with Gasteiger partial charge in [-0.2, -0.15) is 13.2 Å². The number of likely N-dealkylation sites (tertiary alicyclic amines) is 1. The lowest BCUT2D eigenvalue weighted by Gasteiger charge is -2.40. The van der Waals surface area contributed by atoms with E-state index in [2.05, 4.69) is 4.90 Å². The van der Waals surface area contributed by atoms with E-state index in [1.165, 1.54) is 12.1 Å². The van der Waals surface area contributed by atoms with Gasteiger partial charge < -0.3 is 14.7 Å². The molecule has 4 nitrogen and oxygen atoms in total. The molecule has 0 amide bonds. The topological polar surface area (TPSA) is 35.9 Å². The van der Waals surface area contributed by atoms with E-state index in [9.17, 15) is 18.3 Å². The van der Waals surface area contributed by atoms with Crippen molar-refractivity contribution in [2.75, 3.05) is 31.6 Å². The monoisotopic (exact) mass is 508 g/mol. The van der Waals surface area contributed by atoms with E-state index in [0.717, 1.165) is 29.1 Å². The Kier molecular flexibility index (Phi) is 10.8. The predicted octanol–water partition coefficient (Wildman–Crippen LogP) is 5.80. The first-order valence-electron chi connectivity index (χ1n) is 10.6. The molecule has 0 spiro atoms. The van der Waals surface area contributed by atoms with Crippen LogP contribution in [0.15, 0.2) is 48.5 Å². The summed E-state index contributed by atoms with van der Waals surface area (Å²) in [5.74, 6) is 0.822. The van der Waals surface area contributed by atoms with E-state index in [-0.39, 0.29) is 30.9 Å². The van der Waals surface area contributed by atoms with Crippen LogP contribution in [0.2, 0.25) is 0 Å². The summed E-state index contributed by atoms with van der Waals surface area (Å²) in [7, 11) is 1.96. The molecule has 186 valence electrons. The summed E-state index contributed by atoms with van der Waals surface area (Å²) in [4.78, 5) is 4.22. The highest BCUT2D eigenvalue weighted by Crippen LogP contribution is 2.30. The maximum Gasteiger partial charge on any atom is 0.416 e. The Balaban J connectivity index is 0.00000272. The normalized spacial score (nSPS) is 16.0. The summed E-state index contributed by atoms with van der Waals surface area (Å²) < 4.78 is 43.8. The van der Waals surface area contributed by atoms with Gasteiger partial charge in [-0.05, 0) is 68.7 Å². The van der Waals surface area contributed by atoms with Crippen LogP contribution in [0, 0.1) is 0 Å². The van der Waals surface area contributed by atoms with Crippen LogP contribution < -0.4 is 9.64 Å². The Morgan fingerprint density at radius 2 is 1.55 bits per heavy atom. The molecule has 1 aliphatic heterocycles.